The summed E-state index contributed by atoms with van der Waals surface area (Å²) in [7, 11) is 6.30. The Balaban J connectivity index is 0. The zero-order valence-electron chi connectivity index (χ0n) is 9.72. The molecule has 0 aromatic carbocycles. The smallest absolute Gasteiger partial charge is 0.246 e. The van der Waals surface area contributed by atoms with Gasteiger partial charge in [-0.15, -0.1) is 0 Å². The summed E-state index contributed by atoms with van der Waals surface area (Å²) in [6.07, 6.45) is 0. The Bertz CT molecular complexity index is 209. The van der Waals surface area contributed by atoms with Gasteiger partial charge in [0, 0.05) is 5.57 Å². The van der Waals surface area contributed by atoms with Crippen molar-refractivity contribution in [3.05, 3.63) is 12.2 Å². The quantitative estimate of drug-likeness (QED) is 0.453. The highest BCUT2D eigenvalue weighted by atomic mass is 79.9. The Morgan fingerprint density at radius 2 is 1.86 bits per heavy atom. The minimum absolute atomic E-state index is 0. The van der Waals surface area contributed by atoms with Crippen LogP contribution in [-0.2, 0) is 4.79 Å². The average Bonchev–Trinajstić information content (AvgIpc) is 1.81. The number of likely N-dealkylation sites (N-methyl/N-ethyl adjacent to an activating group) is 1. The Kier molecular flexibility index (Phi) is 7.12. The molecule has 0 aromatic rings. The Morgan fingerprint density at radius 3 is 2.14 bits per heavy atom. The van der Waals surface area contributed by atoms with Gasteiger partial charge in [0.1, 0.15) is 0 Å². The van der Waals surface area contributed by atoms with Gasteiger partial charge < -0.3 is 26.8 Å². The molecule has 0 bridgehead atoms. The summed E-state index contributed by atoms with van der Waals surface area (Å²) in [4.78, 5) is 11.2. The molecular weight excluding hydrogens is 244 g/mol. The number of hydrogen-bond donors (Lipinski definition) is 1. The van der Waals surface area contributed by atoms with Gasteiger partial charge >= 0.3 is 0 Å². The first-order chi connectivity index (χ1) is 5.72. The highest BCUT2D eigenvalue weighted by Gasteiger charge is 2.15. The normalized spacial score (nSPS) is 12.6. The summed E-state index contributed by atoms with van der Waals surface area (Å²) in [6.45, 7) is 8.22. The summed E-state index contributed by atoms with van der Waals surface area (Å²) in [5.41, 5.74) is 0.563. The molecule has 0 saturated heterocycles. The number of rotatable bonds is 4. The third-order valence-corrected chi connectivity index (χ3v) is 1.59. The summed E-state index contributed by atoms with van der Waals surface area (Å²) in [6, 6.07) is 0.184. The van der Waals surface area contributed by atoms with E-state index in [4.69, 9.17) is 0 Å². The van der Waals surface area contributed by atoms with E-state index in [9.17, 15) is 4.79 Å². The molecule has 0 saturated carbocycles. The topological polar surface area (TPSA) is 29.1 Å². The van der Waals surface area contributed by atoms with Crippen molar-refractivity contribution in [1.29, 1.82) is 0 Å². The van der Waals surface area contributed by atoms with E-state index in [0.29, 0.717) is 5.57 Å². The van der Waals surface area contributed by atoms with Crippen LogP contribution in [0.5, 0.6) is 0 Å². The fourth-order valence-electron chi connectivity index (χ4n) is 1.21. The lowest BCUT2D eigenvalue weighted by molar-refractivity contribution is -0.871. The number of nitrogens with zero attached hydrogens (tertiary/aromatic N) is 1. The van der Waals surface area contributed by atoms with E-state index < -0.39 is 0 Å². The molecule has 0 fully saturated rings. The van der Waals surface area contributed by atoms with Gasteiger partial charge in [0.05, 0.1) is 33.7 Å². The second kappa shape index (κ2) is 6.19. The van der Waals surface area contributed by atoms with E-state index in [1.54, 1.807) is 6.92 Å². The molecule has 4 heteroatoms. The largest absolute Gasteiger partial charge is 1.00 e. The fourth-order valence-corrected chi connectivity index (χ4v) is 1.21. The molecular formula is C10H21BrN2O. The van der Waals surface area contributed by atoms with Crippen LogP contribution in [0, 0.1) is 0 Å². The van der Waals surface area contributed by atoms with Gasteiger partial charge in [-0.1, -0.05) is 6.58 Å². The zero-order chi connectivity index (χ0) is 10.6. The number of halogens is 1. The van der Waals surface area contributed by atoms with Crippen LogP contribution >= 0.6 is 0 Å². The predicted molar refractivity (Wildman–Crippen MR) is 55.3 cm³/mol. The van der Waals surface area contributed by atoms with Gasteiger partial charge in [-0.25, -0.2) is 0 Å². The standard InChI is InChI=1S/C10H20N2O.BrH/c1-8(2)10(13)11-9(3)7-12(4,5)6;/h9H,1,7H2,2-6H3;1H. The zero-order valence-corrected chi connectivity index (χ0v) is 11.3. The maximum absolute atomic E-state index is 11.2. The fraction of sp³-hybridized carbons (Fsp3) is 0.700. The van der Waals surface area contributed by atoms with Crippen molar-refractivity contribution in [1.82, 2.24) is 5.32 Å². The molecule has 1 unspecified atom stereocenters. The second-order valence-electron chi connectivity index (χ2n) is 4.63. The van der Waals surface area contributed by atoms with E-state index in [-0.39, 0.29) is 28.9 Å². The first-order valence-corrected chi connectivity index (χ1v) is 4.49. The molecule has 0 rings (SSSR count). The van der Waals surface area contributed by atoms with E-state index in [1.165, 1.54) is 0 Å². The summed E-state index contributed by atoms with van der Waals surface area (Å²) < 4.78 is 0.845. The minimum atomic E-state index is -0.0547. The van der Waals surface area contributed by atoms with Crippen molar-refractivity contribution >= 4 is 5.91 Å². The molecule has 0 radical (unpaired) electrons. The van der Waals surface area contributed by atoms with Crippen molar-refractivity contribution in [3.8, 4) is 0 Å². The van der Waals surface area contributed by atoms with Crippen LogP contribution in [0.3, 0.4) is 0 Å². The highest BCUT2D eigenvalue weighted by Crippen LogP contribution is 1.96. The monoisotopic (exact) mass is 264 g/mol. The predicted octanol–water partition coefficient (Wildman–Crippen LogP) is -2.22. The van der Waals surface area contributed by atoms with Gasteiger partial charge in [-0.05, 0) is 13.8 Å². The van der Waals surface area contributed by atoms with Crippen LogP contribution < -0.4 is 22.3 Å². The maximum atomic E-state index is 11.2. The number of hydrogen-bond acceptors (Lipinski definition) is 1. The Labute approximate surface area is 97.5 Å². The summed E-state index contributed by atoms with van der Waals surface area (Å²) >= 11 is 0. The van der Waals surface area contributed by atoms with E-state index >= 15 is 0 Å². The molecule has 14 heavy (non-hydrogen) atoms. The average molecular weight is 265 g/mol. The maximum Gasteiger partial charge on any atom is 0.246 e. The van der Waals surface area contributed by atoms with Crippen LogP contribution in [0.1, 0.15) is 13.8 Å². The lowest BCUT2D eigenvalue weighted by atomic mass is 10.2. The van der Waals surface area contributed by atoms with Gasteiger partial charge in [0.15, 0.2) is 0 Å². The van der Waals surface area contributed by atoms with Gasteiger partial charge in [-0.3, -0.25) is 4.79 Å². The van der Waals surface area contributed by atoms with E-state index in [2.05, 4.69) is 33.0 Å². The Morgan fingerprint density at radius 1 is 1.43 bits per heavy atom. The number of carbonyl (C=O) groups excluding carboxylic acids is 1. The highest BCUT2D eigenvalue weighted by molar-refractivity contribution is 5.92. The lowest BCUT2D eigenvalue weighted by Crippen LogP contribution is -3.00. The first-order valence-electron chi connectivity index (χ1n) is 4.49. The second-order valence-corrected chi connectivity index (χ2v) is 4.63. The molecule has 0 heterocycles. The summed E-state index contributed by atoms with van der Waals surface area (Å²) in [5.74, 6) is -0.0547. The number of carbonyl (C=O) groups is 1. The number of amides is 1. The molecule has 0 aromatic heterocycles. The molecule has 0 spiro atoms. The number of nitrogens with one attached hydrogen (secondary N) is 1. The van der Waals surface area contributed by atoms with Crippen molar-refractivity contribution < 1.29 is 26.3 Å². The molecule has 3 nitrogen and oxygen atoms in total. The van der Waals surface area contributed by atoms with Crippen molar-refractivity contribution in [2.75, 3.05) is 27.7 Å². The third-order valence-electron chi connectivity index (χ3n) is 1.59. The Hall–Kier alpha value is -0.350. The molecule has 0 aliphatic carbocycles. The molecule has 84 valence electrons. The van der Waals surface area contributed by atoms with Crippen LogP contribution in [-0.4, -0.2) is 44.1 Å². The van der Waals surface area contributed by atoms with Crippen molar-refractivity contribution in [2.45, 2.75) is 19.9 Å². The SMILES string of the molecule is C=C(C)C(=O)NC(C)C[N+](C)(C)C.[Br-]. The number of quaternary nitrogens is 1. The van der Waals surface area contributed by atoms with Crippen LogP contribution in [0.25, 0.3) is 0 Å². The molecule has 0 aliphatic rings. The van der Waals surface area contributed by atoms with E-state index in [0.717, 1.165) is 11.0 Å². The first kappa shape index (κ1) is 16.1. The summed E-state index contributed by atoms with van der Waals surface area (Å²) in [5, 5.41) is 2.88. The van der Waals surface area contributed by atoms with Crippen LogP contribution in [0.2, 0.25) is 0 Å². The van der Waals surface area contributed by atoms with Gasteiger partial charge in [0.2, 0.25) is 5.91 Å². The van der Waals surface area contributed by atoms with Crippen LogP contribution in [0.4, 0.5) is 0 Å². The molecule has 1 N–H and O–H groups in total. The van der Waals surface area contributed by atoms with Crippen molar-refractivity contribution in [2.24, 2.45) is 0 Å². The van der Waals surface area contributed by atoms with Crippen LogP contribution in [0.15, 0.2) is 12.2 Å². The molecule has 0 aliphatic heterocycles. The lowest BCUT2D eigenvalue weighted by Gasteiger charge is -2.27. The van der Waals surface area contributed by atoms with E-state index in [1.807, 2.05) is 6.92 Å². The molecule has 1 atom stereocenters. The third kappa shape index (κ3) is 8.26. The van der Waals surface area contributed by atoms with Gasteiger partial charge in [0.25, 0.3) is 0 Å². The van der Waals surface area contributed by atoms with Crippen molar-refractivity contribution in [3.63, 3.8) is 0 Å². The minimum Gasteiger partial charge on any atom is -1.00 e. The molecule has 1 amide bonds. The van der Waals surface area contributed by atoms with Gasteiger partial charge in [-0.2, -0.15) is 0 Å².